The third-order valence-corrected chi connectivity index (χ3v) is 4.31. The maximum absolute atomic E-state index is 12.5. The third-order valence-electron chi connectivity index (χ3n) is 4.31. The fourth-order valence-corrected chi connectivity index (χ4v) is 2.96. The van der Waals surface area contributed by atoms with Crippen LogP contribution < -0.4 is 21.3 Å². The van der Waals surface area contributed by atoms with Crippen molar-refractivity contribution in [2.24, 2.45) is 5.92 Å². The molecule has 8 heteroatoms. The van der Waals surface area contributed by atoms with Crippen molar-refractivity contribution in [2.45, 2.75) is 32.7 Å². The molecule has 8 nitrogen and oxygen atoms in total. The molecule has 4 N–H and O–H groups in total. The van der Waals surface area contributed by atoms with Gasteiger partial charge in [-0.2, -0.15) is 0 Å². The van der Waals surface area contributed by atoms with E-state index in [9.17, 15) is 14.4 Å². The van der Waals surface area contributed by atoms with Gasteiger partial charge in [-0.15, -0.1) is 6.58 Å². The zero-order chi connectivity index (χ0) is 20.5. The summed E-state index contributed by atoms with van der Waals surface area (Å²) in [5.74, 6) is -0.252. The van der Waals surface area contributed by atoms with E-state index >= 15 is 0 Å². The number of benzene rings is 1. The number of piperidine rings is 1. The maximum Gasteiger partial charge on any atom is 0.321 e. The van der Waals surface area contributed by atoms with Gasteiger partial charge in [0.1, 0.15) is 0 Å². The summed E-state index contributed by atoms with van der Waals surface area (Å²) < 4.78 is 0. The second-order valence-corrected chi connectivity index (χ2v) is 7.08. The number of nitrogens with zero attached hydrogens (tertiary/aromatic N) is 1. The zero-order valence-electron chi connectivity index (χ0n) is 16.5. The van der Waals surface area contributed by atoms with Crippen LogP contribution in [-0.4, -0.2) is 48.5 Å². The van der Waals surface area contributed by atoms with Gasteiger partial charge in [0, 0.05) is 37.1 Å². The van der Waals surface area contributed by atoms with E-state index in [-0.39, 0.29) is 29.9 Å². The van der Waals surface area contributed by atoms with Crippen LogP contribution in [0.4, 0.5) is 21.0 Å². The molecule has 152 valence electrons. The van der Waals surface area contributed by atoms with Crippen molar-refractivity contribution in [1.29, 1.82) is 0 Å². The van der Waals surface area contributed by atoms with Crippen molar-refractivity contribution in [2.75, 3.05) is 30.3 Å². The molecule has 1 aliphatic heterocycles. The van der Waals surface area contributed by atoms with Gasteiger partial charge in [-0.1, -0.05) is 6.08 Å². The molecule has 28 heavy (non-hydrogen) atoms. The van der Waals surface area contributed by atoms with Crippen molar-refractivity contribution < 1.29 is 14.4 Å². The Kier molecular flexibility index (Phi) is 7.86. The summed E-state index contributed by atoms with van der Waals surface area (Å²) in [5.41, 5.74) is 1.26. The summed E-state index contributed by atoms with van der Waals surface area (Å²) in [6.45, 7) is 8.79. The van der Waals surface area contributed by atoms with Crippen molar-refractivity contribution in [3.8, 4) is 0 Å². The van der Waals surface area contributed by atoms with Crippen LogP contribution in [0.25, 0.3) is 0 Å². The highest BCUT2D eigenvalue weighted by molar-refractivity contribution is 5.92. The molecule has 2 rings (SSSR count). The third kappa shape index (κ3) is 6.61. The average Bonchev–Trinajstić information content (AvgIpc) is 2.67. The van der Waals surface area contributed by atoms with Crippen LogP contribution in [0.15, 0.2) is 36.9 Å². The molecule has 1 saturated heterocycles. The van der Waals surface area contributed by atoms with Gasteiger partial charge in [0.25, 0.3) is 0 Å². The van der Waals surface area contributed by atoms with E-state index in [4.69, 9.17) is 0 Å². The largest absolute Gasteiger partial charge is 0.352 e. The lowest BCUT2D eigenvalue weighted by Gasteiger charge is -2.32. The second-order valence-electron chi connectivity index (χ2n) is 7.08. The molecule has 0 aromatic heterocycles. The van der Waals surface area contributed by atoms with E-state index in [1.165, 1.54) is 0 Å². The molecule has 1 fully saturated rings. The van der Waals surface area contributed by atoms with Crippen molar-refractivity contribution in [1.82, 2.24) is 15.5 Å². The smallest absolute Gasteiger partial charge is 0.321 e. The van der Waals surface area contributed by atoms with Crippen molar-refractivity contribution in [3.63, 3.8) is 0 Å². The monoisotopic (exact) mass is 387 g/mol. The van der Waals surface area contributed by atoms with E-state index in [0.717, 1.165) is 12.8 Å². The normalized spacial score (nSPS) is 16.2. The molecule has 0 spiro atoms. The lowest BCUT2D eigenvalue weighted by atomic mass is 9.97. The van der Waals surface area contributed by atoms with Gasteiger partial charge >= 0.3 is 12.1 Å². The lowest BCUT2D eigenvalue weighted by Crippen LogP contribution is -2.46. The first-order chi connectivity index (χ1) is 13.4. The molecule has 0 saturated carbocycles. The topological polar surface area (TPSA) is 103 Å². The first-order valence-electron chi connectivity index (χ1n) is 9.51. The molecule has 1 heterocycles. The molecular weight excluding hydrogens is 358 g/mol. The van der Waals surface area contributed by atoms with Crippen LogP contribution in [-0.2, 0) is 4.79 Å². The summed E-state index contributed by atoms with van der Waals surface area (Å²) >= 11 is 0. The SMILES string of the molecule is C=CCNC(=O)C1CCCN(C(=O)Nc2ccc(NC(=O)NC(C)C)cc2)C1. The van der Waals surface area contributed by atoms with Crippen LogP contribution in [0.2, 0.25) is 0 Å². The zero-order valence-corrected chi connectivity index (χ0v) is 16.5. The summed E-state index contributed by atoms with van der Waals surface area (Å²) in [7, 11) is 0. The number of anilines is 2. The summed E-state index contributed by atoms with van der Waals surface area (Å²) in [6.07, 6.45) is 3.19. The lowest BCUT2D eigenvalue weighted by molar-refractivity contribution is -0.126. The van der Waals surface area contributed by atoms with Gasteiger partial charge in [-0.25, -0.2) is 9.59 Å². The second kappa shape index (κ2) is 10.3. The highest BCUT2D eigenvalue weighted by Crippen LogP contribution is 2.19. The average molecular weight is 387 g/mol. The van der Waals surface area contributed by atoms with E-state index in [1.54, 1.807) is 35.2 Å². The van der Waals surface area contributed by atoms with Crippen LogP contribution in [0, 0.1) is 5.92 Å². The molecule has 0 bridgehead atoms. The number of amides is 5. The summed E-state index contributed by atoms with van der Waals surface area (Å²) in [5, 5.41) is 11.1. The van der Waals surface area contributed by atoms with Crippen LogP contribution in [0.3, 0.4) is 0 Å². The molecule has 0 aliphatic carbocycles. The summed E-state index contributed by atoms with van der Waals surface area (Å²) in [6, 6.07) is 6.42. The maximum atomic E-state index is 12.5. The molecular formula is C20H29N5O3. The minimum Gasteiger partial charge on any atom is -0.352 e. The Morgan fingerprint density at radius 1 is 1.18 bits per heavy atom. The number of carbonyl (C=O) groups excluding carboxylic acids is 3. The van der Waals surface area contributed by atoms with Gasteiger partial charge in [0.15, 0.2) is 0 Å². The Morgan fingerprint density at radius 3 is 2.43 bits per heavy atom. The van der Waals surface area contributed by atoms with Crippen LogP contribution in [0.5, 0.6) is 0 Å². The predicted molar refractivity (Wildman–Crippen MR) is 110 cm³/mol. The molecule has 1 aromatic rings. The fourth-order valence-electron chi connectivity index (χ4n) is 2.96. The molecule has 1 atom stereocenters. The van der Waals surface area contributed by atoms with Crippen LogP contribution in [0.1, 0.15) is 26.7 Å². The van der Waals surface area contributed by atoms with E-state index in [1.807, 2.05) is 13.8 Å². The van der Waals surface area contributed by atoms with Crippen molar-refractivity contribution in [3.05, 3.63) is 36.9 Å². The van der Waals surface area contributed by atoms with E-state index in [0.29, 0.717) is 31.0 Å². The van der Waals surface area contributed by atoms with Gasteiger partial charge in [0.05, 0.1) is 5.92 Å². The minimum absolute atomic E-state index is 0.0470. The Balaban J connectivity index is 1.87. The number of urea groups is 2. The quantitative estimate of drug-likeness (QED) is 0.564. The molecule has 1 aromatic carbocycles. The van der Waals surface area contributed by atoms with Gasteiger partial charge in [0.2, 0.25) is 5.91 Å². The number of nitrogens with one attached hydrogen (secondary N) is 4. The molecule has 1 unspecified atom stereocenters. The van der Waals surface area contributed by atoms with Gasteiger partial charge in [-0.05, 0) is 51.0 Å². The Morgan fingerprint density at radius 2 is 1.82 bits per heavy atom. The van der Waals surface area contributed by atoms with Crippen molar-refractivity contribution >= 4 is 29.3 Å². The standard InChI is InChI=1S/C20H29N5O3/c1-4-11-21-18(26)15-6-5-12-25(13-15)20(28)24-17-9-7-16(8-10-17)23-19(27)22-14(2)3/h4,7-10,14-15H,1,5-6,11-13H2,2-3H3,(H,21,26)(H,24,28)(H2,22,23,27). The number of rotatable bonds is 6. The van der Waals surface area contributed by atoms with Crippen LogP contribution >= 0.6 is 0 Å². The van der Waals surface area contributed by atoms with Gasteiger partial charge < -0.3 is 26.2 Å². The van der Waals surface area contributed by atoms with E-state index < -0.39 is 0 Å². The molecule has 5 amide bonds. The Labute approximate surface area is 165 Å². The Bertz CT molecular complexity index is 702. The first-order valence-corrected chi connectivity index (χ1v) is 9.51. The number of hydrogen-bond acceptors (Lipinski definition) is 3. The number of likely N-dealkylation sites (tertiary alicyclic amines) is 1. The van der Waals surface area contributed by atoms with Gasteiger partial charge in [-0.3, -0.25) is 4.79 Å². The number of hydrogen-bond donors (Lipinski definition) is 4. The summed E-state index contributed by atoms with van der Waals surface area (Å²) in [4.78, 5) is 38.0. The molecule has 0 radical (unpaired) electrons. The minimum atomic E-state index is -0.277. The number of carbonyl (C=O) groups is 3. The highest BCUT2D eigenvalue weighted by Gasteiger charge is 2.28. The molecule has 1 aliphatic rings. The fraction of sp³-hybridized carbons (Fsp3) is 0.450. The first kappa shape index (κ1) is 21.3. The highest BCUT2D eigenvalue weighted by atomic mass is 16.2. The van der Waals surface area contributed by atoms with E-state index in [2.05, 4.69) is 27.8 Å². The predicted octanol–water partition coefficient (Wildman–Crippen LogP) is 2.76. The Hall–Kier alpha value is -3.03.